The van der Waals surface area contributed by atoms with E-state index in [0.29, 0.717) is 6.54 Å². The Morgan fingerprint density at radius 3 is 2.76 bits per heavy atom. The molecule has 110 valence electrons. The molecule has 1 aromatic heterocycles. The summed E-state index contributed by atoms with van der Waals surface area (Å²) >= 11 is 1.55. The van der Waals surface area contributed by atoms with Crippen LogP contribution in [0, 0.1) is 17.0 Å². The molecule has 4 N–H and O–H groups in total. The van der Waals surface area contributed by atoms with Gasteiger partial charge in [-0.3, -0.25) is 20.8 Å². The highest BCUT2D eigenvalue weighted by molar-refractivity contribution is 7.10. The van der Waals surface area contributed by atoms with Crippen LogP contribution in [0.15, 0.2) is 29.6 Å². The molecule has 0 saturated heterocycles. The van der Waals surface area contributed by atoms with Crippen molar-refractivity contribution in [3.63, 3.8) is 0 Å². The van der Waals surface area contributed by atoms with Gasteiger partial charge in [0.25, 0.3) is 11.6 Å². The minimum Gasteiger partial charge on any atom is -0.347 e. The Bertz CT molecular complexity index is 684. The number of hydrogen-bond acceptors (Lipinski definition) is 6. The van der Waals surface area contributed by atoms with Crippen LogP contribution in [0.1, 0.15) is 20.8 Å². The third-order valence-electron chi connectivity index (χ3n) is 2.99. The van der Waals surface area contributed by atoms with Crippen LogP contribution < -0.4 is 16.6 Å². The lowest BCUT2D eigenvalue weighted by Gasteiger charge is -2.07. The number of carbonyl (C=O) groups excluding carboxylic acids is 1. The number of nitro groups is 1. The molecule has 0 bridgehead atoms. The quantitative estimate of drug-likeness (QED) is 0.445. The van der Waals surface area contributed by atoms with Crippen LogP contribution in [0.4, 0.5) is 11.4 Å². The van der Waals surface area contributed by atoms with Gasteiger partial charge >= 0.3 is 0 Å². The maximum Gasteiger partial charge on any atom is 0.294 e. The molecule has 1 heterocycles. The highest BCUT2D eigenvalue weighted by atomic mass is 32.1. The normalized spacial score (nSPS) is 10.2. The summed E-state index contributed by atoms with van der Waals surface area (Å²) in [5.74, 6) is 4.83. The highest BCUT2D eigenvalue weighted by Crippen LogP contribution is 2.24. The topological polar surface area (TPSA) is 110 Å². The Balaban J connectivity index is 2.14. The zero-order valence-corrected chi connectivity index (χ0v) is 12.1. The number of hydrazine groups is 1. The molecule has 0 aliphatic carbocycles. The molecule has 0 unspecified atom stereocenters. The Morgan fingerprint density at radius 1 is 1.43 bits per heavy atom. The number of carbonyl (C=O) groups is 1. The van der Waals surface area contributed by atoms with Crippen molar-refractivity contribution in [1.82, 2.24) is 5.32 Å². The van der Waals surface area contributed by atoms with Crippen molar-refractivity contribution in [2.24, 2.45) is 5.84 Å². The molecular formula is C13H14N4O3S. The number of amides is 1. The first-order valence-corrected chi connectivity index (χ1v) is 6.97. The van der Waals surface area contributed by atoms with Crippen molar-refractivity contribution in [2.45, 2.75) is 13.5 Å². The molecule has 0 aliphatic heterocycles. The molecule has 2 aromatic rings. The average Bonchev–Trinajstić information content (AvgIpc) is 2.89. The minimum absolute atomic E-state index is 0.158. The molecule has 0 saturated carbocycles. The number of nitrogens with zero attached hydrogens (tertiary/aromatic N) is 1. The predicted octanol–water partition coefficient (Wildman–Crippen LogP) is 2.18. The zero-order chi connectivity index (χ0) is 15.4. The monoisotopic (exact) mass is 306 g/mol. The van der Waals surface area contributed by atoms with E-state index in [2.05, 4.69) is 10.7 Å². The molecular weight excluding hydrogens is 292 g/mol. The van der Waals surface area contributed by atoms with Crippen LogP contribution in [0.5, 0.6) is 0 Å². The summed E-state index contributed by atoms with van der Waals surface area (Å²) < 4.78 is 0. The van der Waals surface area contributed by atoms with Crippen molar-refractivity contribution in [3.05, 3.63) is 55.8 Å². The molecule has 0 spiro atoms. The van der Waals surface area contributed by atoms with E-state index < -0.39 is 4.92 Å². The minimum atomic E-state index is -0.588. The smallest absolute Gasteiger partial charge is 0.294 e. The highest BCUT2D eigenvalue weighted by Gasteiger charge is 2.17. The van der Waals surface area contributed by atoms with Crippen LogP contribution in [0.2, 0.25) is 0 Å². The number of aryl methyl sites for hydroxylation is 1. The fraction of sp³-hybridized carbons (Fsp3) is 0.154. The van der Waals surface area contributed by atoms with Crippen LogP contribution >= 0.6 is 11.3 Å². The summed E-state index contributed by atoms with van der Waals surface area (Å²) in [4.78, 5) is 23.4. The lowest BCUT2D eigenvalue weighted by Crippen LogP contribution is -2.23. The number of nitrogens with two attached hydrogens (primary N) is 1. The number of anilines is 1. The maximum absolute atomic E-state index is 12.0. The number of nitrogen functional groups attached to an aromatic ring is 1. The van der Waals surface area contributed by atoms with Crippen molar-refractivity contribution < 1.29 is 9.72 Å². The van der Waals surface area contributed by atoms with Crippen molar-refractivity contribution in [1.29, 1.82) is 0 Å². The molecule has 1 amide bonds. The maximum atomic E-state index is 12.0. The Kier molecular flexibility index (Phi) is 4.51. The lowest BCUT2D eigenvalue weighted by atomic mass is 10.1. The van der Waals surface area contributed by atoms with Crippen molar-refractivity contribution >= 4 is 28.6 Å². The van der Waals surface area contributed by atoms with E-state index >= 15 is 0 Å². The molecule has 8 heteroatoms. The van der Waals surface area contributed by atoms with E-state index in [-0.39, 0.29) is 22.8 Å². The third-order valence-corrected chi connectivity index (χ3v) is 4.01. The number of nitro benzene ring substituents is 1. The van der Waals surface area contributed by atoms with Gasteiger partial charge in [-0.1, -0.05) is 0 Å². The zero-order valence-electron chi connectivity index (χ0n) is 11.3. The first kappa shape index (κ1) is 14.9. The summed E-state index contributed by atoms with van der Waals surface area (Å²) in [6.07, 6.45) is 0. The summed E-state index contributed by atoms with van der Waals surface area (Å²) in [6.45, 7) is 2.36. The van der Waals surface area contributed by atoms with Gasteiger partial charge in [0.1, 0.15) is 5.69 Å². The average molecular weight is 306 g/mol. The lowest BCUT2D eigenvalue weighted by molar-refractivity contribution is -0.384. The number of nitrogens with one attached hydrogen (secondary N) is 2. The standard InChI is InChI=1S/C13H14N4O3S/c1-8-4-5-21-12(8)7-15-13(18)9-2-3-10(16-14)11(6-9)17(19)20/h2-6,16H,7,14H2,1H3,(H,15,18). The summed E-state index contributed by atoms with van der Waals surface area (Å²) in [6, 6.07) is 6.06. The van der Waals surface area contributed by atoms with E-state index in [1.54, 1.807) is 11.3 Å². The number of thiophene rings is 1. The van der Waals surface area contributed by atoms with Crippen LogP contribution in [-0.4, -0.2) is 10.8 Å². The second-order valence-electron chi connectivity index (χ2n) is 4.34. The second kappa shape index (κ2) is 6.33. The Labute approximate surface area is 124 Å². The van der Waals surface area contributed by atoms with Gasteiger partial charge in [-0.05, 0) is 36.1 Å². The molecule has 1 aromatic carbocycles. The van der Waals surface area contributed by atoms with Crippen LogP contribution in [0.3, 0.4) is 0 Å². The summed E-state index contributed by atoms with van der Waals surface area (Å²) in [7, 11) is 0. The third kappa shape index (κ3) is 3.36. The molecule has 2 rings (SSSR count). The van der Waals surface area contributed by atoms with E-state index in [0.717, 1.165) is 10.4 Å². The van der Waals surface area contributed by atoms with Crippen LogP contribution in [-0.2, 0) is 6.54 Å². The Hall–Kier alpha value is -2.45. The SMILES string of the molecule is Cc1ccsc1CNC(=O)c1ccc(NN)c([N+](=O)[O-])c1. The van der Waals surface area contributed by atoms with E-state index in [4.69, 9.17) is 5.84 Å². The van der Waals surface area contributed by atoms with Gasteiger partial charge in [0.05, 0.1) is 11.5 Å². The van der Waals surface area contributed by atoms with Gasteiger partial charge in [0, 0.05) is 16.5 Å². The predicted molar refractivity (Wildman–Crippen MR) is 81.1 cm³/mol. The number of rotatable bonds is 5. The summed E-state index contributed by atoms with van der Waals surface area (Å²) in [5, 5.41) is 15.6. The van der Waals surface area contributed by atoms with Gasteiger partial charge in [-0.2, -0.15) is 0 Å². The molecule has 7 nitrogen and oxygen atoms in total. The van der Waals surface area contributed by atoms with E-state index in [9.17, 15) is 14.9 Å². The summed E-state index contributed by atoms with van der Waals surface area (Å²) in [5.41, 5.74) is 3.48. The molecule has 0 fully saturated rings. The molecule has 0 atom stereocenters. The largest absolute Gasteiger partial charge is 0.347 e. The number of benzene rings is 1. The fourth-order valence-corrected chi connectivity index (χ4v) is 2.64. The van der Waals surface area contributed by atoms with Gasteiger partial charge in [0.15, 0.2) is 0 Å². The molecule has 21 heavy (non-hydrogen) atoms. The second-order valence-corrected chi connectivity index (χ2v) is 5.34. The van der Waals surface area contributed by atoms with Gasteiger partial charge in [-0.25, -0.2) is 0 Å². The van der Waals surface area contributed by atoms with E-state index in [1.807, 2.05) is 18.4 Å². The van der Waals surface area contributed by atoms with E-state index in [1.165, 1.54) is 18.2 Å². The molecule has 0 radical (unpaired) electrons. The van der Waals surface area contributed by atoms with Crippen molar-refractivity contribution in [3.8, 4) is 0 Å². The van der Waals surface area contributed by atoms with Gasteiger partial charge in [0.2, 0.25) is 0 Å². The first-order valence-electron chi connectivity index (χ1n) is 6.09. The number of hydrogen-bond donors (Lipinski definition) is 3. The molecule has 0 aliphatic rings. The fourth-order valence-electron chi connectivity index (χ4n) is 1.79. The van der Waals surface area contributed by atoms with Crippen LogP contribution in [0.25, 0.3) is 0 Å². The first-order chi connectivity index (χ1) is 10.0. The van der Waals surface area contributed by atoms with Gasteiger partial charge in [-0.15, -0.1) is 11.3 Å². The Morgan fingerprint density at radius 2 is 2.19 bits per heavy atom. The van der Waals surface area contributed by atoms with Gasteiger partial charge < -0.3 is 10.7 Å². The van der Waals surface area contributed by atoms with Crippen molar-refractivity contribution in [2.75, 3.05) is 5.43 Å².